The summed E-state index contributed by atoms with van der Waals surface area (Å²) in [6, 6.07) is 8.95. The van der Waals surface area contributed by atoms with E-state index in [2.05, 4.69) is 15.4 Å². The van der Waals surface area contributed by atoms with Gasteiger partial charge in [-0.15, -0.1) is 0 Å². The lowest BCUT2D eigenvalue weighted by Gasteiger charge is -2.09. The Morgan fingerprint density at radius 3 is 2.86 bits per heavy atom. The summed E-state index contributed by atoms with van der Waals surface area (Å²) in [5.41, 5.74) is 9.14. The second-order valence-corrected chi connectivity index (χ2v) is 4.85. The summed E-state index contributed by atoms with van der Waals surface area (Å²) in [7, 11) is 1.74. The maximum atomic E-state index is 12.4. The van der Waals surface area contributed by atoms with E-state index in [-0.39, 0.29) is 5.91 Å². The Bertz CT molecular complexity index is 837. The van der Waals surface area contributed by atoms with E-state index in [1.54, 1.807) is 36.1 Å². The number of aromatic nitrogens is 3. The lowest BCUT2D eigenvalue weighted by atomic mass is 10.1. The number of anilines is 2. The molecule has 0 unspecified atom stereocenters. The molecule has 106 valence electrons. The zero-order valence-electron chi connectivity index (χ0n) is 11.8. The molecule has 0 saturated heterocycles. The highest BCUT2D eigenvalue weighted by molar-refractivity contribution is 6.09. The number of fused-ring (bicyclic) bond motifs is 1. The Labute approximate surface area is 121 Å². The Balaban J connectivity index is 2.01. The predicted octanol–water partition coefficient (Wildman–Crippen LogP) is 2.11. The maximum Gasteiger partial charge on any atom is 0.273 e. The molecular weight excluding hydrogens is 266 g/mol. The minimum atomic E-state index is -0.215. The molecule has 0 aliphatic carbocycles. The van der Waals surface area contributed by atoms with E-state index in [4.69, 9.17) is 5.73 Å². The average Bonchev–Trinajstić information content (AvgIpc) is 2.81. The Kier molecular flexibility index (Phi) is 3.06. The fourth-order valence-electron chi connectivity index (χ4n) is 2.31. The van der Waals surface area contributed by atoms with E-state index in [0.717, 1.165) is 11.1 Å². The second kappa shape index (κ2) is 4.90. The summed E-state index contributed by atoms with van der Waals surface area (Å²) in [5, 5.41) is 7.87. The zero-order valence-corrected chi connectivity index (χ0v) is 11.8. The van der Waals surface area contributed by atoms with Crippen LogP contribution < -0.4 is 11.1 Å². The first-order chi connectivity index (χ1) is 10.1. The standard InChI is InChI=1S/C15H15N5O/c1-9-8-13(20(2)19-9)15(21)18-12-6-5-11(16)14-10(12)4-3-7-17-14/h3-8H,16H2,1-2H3,(H,18,21). The molecular formula is C15H15N5O. The van der Waals surface area contributed by atoms with E-state index in [1.807, 2.05) is 19.1 Å². The van der Waals surface area contributed by atoms with Crippen LogP contribution in [-0.2, 0) is 7.05 Å². The van der Waals surface area contributed by atoms with Crippen molar-refractivity contribution in [3.05, 3.63) is 47.9 Å². The first-order valence-corrected chi connectivity index (χ1v) is 6.51. The number of pyridine rings is 1. The Morgan fingerprint density at radius 1 is 1.33 bits per heavy atom. The molecule has 3 rings (SSSR count). The highest BCUT2D eigenvalue weighted by Crippen LogP contribution is 2.26. The van der Waals surface area contributed by atoms with Crippen molar-refractivity contribution in [1.29, 1.82) is 0 Å². The molecule has 1 aromatic carbocycles. The largest absolute Gasteiger partial charge is 0.397 e. The molecule has 1 amide bonds. The van der Waals surface area contributed by atoms with Crippen LogP contribution in [0.25, 0.3) is 10.9 Å². The predicted molar refractivity (Wildman–Crippen MR) is 82.1 cm³/mol. The molecule has 6 heteroatoms. The summed E-state index contributed by atoms with van der Waals surface area (Å²) in [6.07, 6.45) is 1.68. The summed E-state index contributed by atoms with van der Waals surface area (Å²) >= 11 is 0. The van der Waals surface area contributed by atoms with Crippen molar-refractivity contribution in [2.75, 3.05) is 11.1 Å². The normalized spacial score (nSPS) is 10.8. The van der Waals surface area contributed by atoms with Crippen molar-refractivity contribution in [2.24, 2.45) is 7.05 Å². The Hall–Kier alpha value is -2.89. The fourth-order valence-corrected chi connectivity index (χ4v) is 2.31. The van der Waals surface area contributed by atoms with Gasteiger partial charge in [0.1, 0.15) is 5.69 Å². The number of nitrogens with one attached hydrogen (secondary N) is 1. The molecule has 0 fully saturated rings. The molecule has 0 saturated carbocycles. The van der Waals surface area contributed by atoms with E-state index >= 15 is 0 Å². The number of nitrogen functional groups attached to an aromatic ring is 1. The molecule has 3 aromatic rings. The third-order valence-corrected chi connectivity index (χ3v) is 3.28. The van der Waals surface area contributed by atoms with Gasteiger partial charge in [0.25, 0.3) is 5.91 Å². The Morgan fingerprint density at radius 2 is 2.14 bits per heavy atom. The lowest BCUT2D eigenvalue weighted by molar-refractivity contribution is 0.101. The number of hydrogen-bond donors (Lipinski definition) is 2. The maximum absolute atomic E-state index is 12.4. The van der Waals surface area contributed by atoms with Gasteiger partial charge < -0.3 is 11.1 Å². The van der Waals surface area contributed by atoms with Gasteiger partial charge in [0.2, 0.25) is 0 Å². The van der Waals surface area contributed by atoms with Gasteiger partial charge in [-0.1, -0.05) is 0 Å². The molecule has 6 nitrogen and oxygen atoms in total. The van der Waals surface area contributed by atoms with Gasteiger partial charge in [-0.25, -0.2) is 0 Å². The van der Waals surface area contributed by atoms with E-state index in [1.165, 1.54) is 0 Å². The number of nitrogens with zero attached hydrogens (tertiary/aromatic N) is 3. The molecule has 0 spiro atoms. The van der Waals surface area contributed by atoms with Gasteiger partial charge in [0, 0.05) is 18.6 Å². The van der Waals surface area contributed by atoms with Crippen molar-refractivity contribution < 1.29 is 4.79 Å². The van der Waals surface area contributed by atoms with Crippen LogP contribution in [0.2, 0.25) is 0 Å². The number of carbonyl (C=O) groups is 1. The van der Waals surface area contributed by atoms with Crippen LogP contribution in [0.15, 0.2) is 36.5 Å². The molecule has 3 N–H and O–H groups in total. The van der Waals surface area contributed by atoms with Crippen molar-refractivity contribution in [2.45, 2.75) is 6.92 Å². The number of carbonyl (C=O) groups excluding carboxylic acids is 1. The number of nitrogens with two attached hydrogens (primary N) is 1. The molecule has 0 aliphatic heterocycles. The van der Waals surface area contributed by atoms with Gasteiger partial charge in [-0.3, -0.25) is 14.5 Å². The third-order valence-electron chi connectivity index (χ3n) is 3.28. The van der Waals surface area contributed by atoms with Gasteiger partial charge >= 0.3 is 0 Å². The third kappa shape index (κ3) is 2.31. The SMILES string of the molecule is Cc1cc(C(=O)Nc2ccc(N)c3ncccc23)n(C)n1. The topological polar surface area (TPSA) is 85.8 Å². The first-order valence-electron chi connectivity index (χ1n) is 6.51. The molecule has 2 aromatic heterocycles. The number of amides is 1. The summed E-state index contributed by atoms with van der Waals surface area (Å²) < 4.78 is 1.56. The van der Waals surface area contributed by atoms with Crippen LogP contribution in [0.1, 0.15) is 16.2 Å². The average molecular weight is 281 g/mol. The number of rotatable bonds is 2. The molecule has 0 atom stereocenters. The van der Waals surface area contributed by atoms with E-state index in [0.29, 0.717) is 22.6 Å². The van der Waals surface area contributed by atoms with E-state index in [9.17, 15) is 4.79 Å². The van der Waals surface area contributed by atoms with Crippen LogP contribution in [0.5, 0.6) is 0 Å². The smallest absolute Gasteiger partial charge is 0.273 e. The molecule has 21 heavy (non-hydrogen) atoms. The highest BCUT2D eigenvalue weighted by Gasteiger charge is 2.14. The van der Waals surface area contributed by atoms with Crippen LogP contribution in [-0.4, -0.2) is 20.7 Å². The fraction of sp³-hybridized carbons (Fsp3) is 0.133. The zero-order chi connectivity index (χ0) is 15.0. The van der Waals surface area contributed by atoms with Crippen molar-refractivity contribution in [3.8, 4) is 0 Å². The molecule has 2 heterocycles. The van der Waals surface area contributed by atoms with Crippen LogP contribution >= 0.6 is 0 Å². The molecule has 0 radical (unpaired) electrons. The van der Waals surface area contributed by atoms with Crippen LogP contribution in [0.4, 0.5) is 11.4 Å². The number of benzene rings is 1. The monoisotopic (exact) mass is 281 g/mol. The van der Waals surface area contributed by atoms with E-state index < -0.39 is 0 Å². The van der Waals surface area contributed by atoms with Gasteiger partial charge in [-0.05, 0) is 37.3 Å². The molecule has 0 aliphatic rings. The van der Waals surface area contributed by atoms with Crippen LogP contribution in [0, 0.1) is 6.92 Å². The second-order valence-electron chi connectivity index (χ2n) is 4.85. The first kappa shape index (κ1) is 13.1. The molecule has 0 bridgehead atoms. The van der Waals surface area contributed by atoms with Crippen molar-refractivity contribution >= 4 is 28.2 Å². The number of aryl methyl sites for hydroxylation is 2. The summed E-state index contributed by atoms with van der Waals surface area (Å²) in [6.45, 7) is 1.85. The van der Waals surface area contributed by atoms with Crippen molar-refractivity contribution in [3.63, 3.8) is 0 Å². The minimum absolute atomic E-state index is 0.215. The minimum Gasteiger partial charge on any atom is -0.397 e. The van der Waals surface area contributed by atoms with Crippen LogP contribution in [0.3, 0.4) is 0 Å². The summed E-state index contributed by atoms with van der Waals surface area (Å²) in [4.78, 5) is 16.6. The highest BCUT2D eigenvalue weighted by atomic mass is 16.2. The van der Waals surface area contributed by atoms with Crippen molar-refractivity contribution in [1.82, 2.24) is 14.8 Å². The van der Waals surface area contributed by atoms with Gasteiger partial charge in [0.15, 0.2) is 0 Å². The lowest BCUT2D eigenvalue weighted by Crippen LogP contribution is -2.16. The van der Waals surface area contributed by atoms with Gasteiger partial charge in [-0.2, -0.15) is 5.10 Å². The quantitative estimate of drug-likeness (QED) is 0.704. The van der Waals surface area contributed by atoms with Gasteiger partial charge in [0.05, 0.1) is 22.6 Å². The number of hydrogen-bond acceptors (Lipinski definition) is 4. The summed E-state index contributed by atoms with van der Waals surface area (Å²) in [5.74, 6) is -0.215.